The lowest BCUT2D eigenvalue weighted by atomic mass is 9.94. The Balaban J connectivity index is 2.50. The van der Waals surface area contributed by atoms with Gasteiger partial charge in [0.1, 0.15) is 5.82 Å². The molecule has 0 spiro atoms. The number of thiol groups is 2. The van der Waals surface area contributed by atoms with Crippen molar-refractivity contribution in [2.75, 3.05) is 0 Å². The van der Waals surface area contributed by atoms with Crippen LogP contribution in [0.15, 0.2) is 10.3 Å². The number of hydrogen-bond acceptors (Lipinski definition) is 5. The fourth-order valence-electron chi connectivity index (χ4n) is 2.58. The molecule has 0 saturated heterocycles. The zero-order valence-electron chi connectivity index (χ0n) is 13.4. The molecule has 0 radical (unpaired) electrons. The van der Waals surface area contributed by atoms with Gasteiger partial charge in [0, 0.05) is 5.92 Å². The smallest absolute Gasteiger partial charge is 0.188 e. The van der Waals surface area contributed by atoms with Gasteiger partial charge >= 0.3 is 0 Å². The van der Waals surface area contributed by atoms with E-state index in [4.69, 9.17) is 0 Å². The van der Waals surface area contributed by atoms with Crippen LogP contribution in [0.1, 0.15) is 89.8 Å². The summed E-state index contributed by atoms with van der Waals surface area (Å²) >= 11 is 8.49. The van der Waals surface area contributed by atoms with Crippen LogP contribution in [0.25, 0.3) is 0 Å². The molecule has 1 rings (SSSR count). The van der Waals surface area contributed by atoms with Crippen molar-refractivity contribution in [3.8, 4) is 0 Å². The van der Waals surface area contributed by atoms with E-state index in [0.29, 0.717) is 16.2 Å². The summed E-state index contributed by atoms with van der Waals surface area (Å²) in [6.07, 6.45) is 12.7. The third-order valence-corrected chi connectivity index (χ3v) is 4.21. The molecular formula is C16H29N3S2. The largest absolute Gasteiger partial charge is 0.207 e. The van der Waals surface area contributed by atoms with Gasteiger partial charge in [0.15, 0.2) is 10.3 Å². The van der Waals surface area contributed by atoms with E-state index in [0.717, 1.165) is 18.7 Å². The van der Waals surface area contributed by atoms with Crippen LogP contribution in [-0.2, 0) is 0 Å². The maximum Gasteiger partial charge on any atom is 0.188 e. The SMILES string of the molecule is CCCCCCCCC(CCCC)c1nc(S)nc(S)n1. The maximum absolute atomic E-state index is 4.41. The van der Waals surface area contributed by atoms with Crippen molar-refractivity contribution < 1.29 is 0 Å². The van der Waals surface area contributed by atoms with Gasteiger partial charge in [-0.1, -0.05) is 65.2 Å². The third-order valence-electron chi connectivity index (χ3n) is 3.81. The average molecular weight is 328 g/mol. The summed E-state index contributed by atoms with van der Waals surface area (Å²) in [5.41, 5.74) is 0. The molecule has 3 nitrogen and oxygen atoms in total. The van der Waals surface area contributed by atoms with Gasteiger partial charge in [0.25, 0.3) is 0 Å². The van der Waals surface area contributed by atoms with Crippen molar-refractivity contribution in [1.82, 2.24) is 15.0 Å². The molecule has 0 aliphatic heterocycles. The lowest BCUT2D eigenvalue weighted by Gasteiger charge is -2.15. The molecule has 5 heteroatoms. The minimum atomic E-state index is 0.427. The van der Waals surface area contributed by atoms with Crippen LogP contribution in [0.5, 0.6) is 0 Å². The molecule has 0 aliphatic rings. The van der Waals surface area contributed by atoms with Gasteiger partial charge in [-0.25, -0.2) is 9.97 Å². The fraction of sp³-hybridized carbons (Fsp3) is 0.812. The number of aromatic nitrogens is 3. The highest BCUT2D eigenvalue weighted by atomic mass is 32.1. The van der Waals surface area contributed by atoms with Gasteiger partial charge in [0.2, 0.25) is 0 Å². The Bertz CT molecular complexity index is 379. The molecular weight excluding hydrogens is 298 g/mol. The lowest BCUT2D eigenvalue weighted by Crippen LogP contribution is -2.07. The molecule has 0 N–H and O–H groups in total. The van der Waals surface area contributed by atoms with Gasteiger partial charge in [0.05, 0.1) is 0 Å². The Kier molecular flexibility index (Phi) is 10.1. The Hall–Kier alpha value is -0.290. The van der Waals surface area contributed by atoms with Crippen LogP contribution < -0.4 is 0 Å². The van der Waals surface area contributed by atoms with Gasteiger partial charge in [-0.15, -0.1) is 25.3 Å². The van der Waals surface area contributed by atoms with Crippen LogP contribution in [-0.4, -0.2) is 15.0 Å². The molecule has 1 aromatic rings. The topological polar surface area (TPSA) is 38.7 Å². The summed E-state index contributed by atoms with van der Waals surface area (Å²) in [6.45, 7) is 4.48. The van der Waals surface area contributed by atoms with Crippen molar-refractivity contribution in [2.24, 2.45) is 0 Å². The minimum absolute atomic E-state index is 0.427. The predicted molar refractivity (Wildman–Crippen MR) is 94.6 cm³/mol. The van der Waals surface area contributed by atoms with Crippen molar-refractivity contribution in [3.05, 3.63) is 5.82 Å². The standard InChI is InChI=1S/C16H29N3S2/c1-3-5-7-8-9-10-12-13(11-6-4-2)14-17-15(20)19-16(21)18-14/h13H,3-12H2,1-2H3,(H2,17,18,19,20,21). The molecule has 0 saturated carbocycles. The Morgan fingerprint density at radius 2 is 1.24 bits per heavy atom. The fourth-order valence-corrected chi connectivity index (χ4v) is 3.05. The van der Waals surface area contributed by atoms with E-state index in [1.807, 2.05) is 0 Å². The first-order valence-electron chi connectivity index (χ1n) is 8.31. The first-order valence-corrected chi connectivity index (χ1v) is 9.20. The maximum atomic E-state index is 4.41. The highest BCUT2D eigenvalue weighted by Gasteiger charge is 2.15. The zero-order chi connectivity index (χ0) is 15.5. The van der Waals surface area contributed by atoms with Crippen LogP contribution in [0, 0.1) is 0 Å². The normalized spacial score (nSPS) is 12.6. The van der Waals surface area contributed by atoms with Gasteiger partial charge in [-0.3, -0.25) is 0 Å². The number of nitrogens with zero attached hydrogens (tertiary/aromatic N) is 3. The molecule has 0 fully saturated rings. The molecule has 120 valence electrons. The second-order valence-corrected chi connectivity index (χ2v) is 6.49. The predicted octanol–water partition coefficient (Wildman–Crippen LogP) is 5.47. The van der Waals surface area contributed by atoms with E-state index < -0.39 is 0 Å². The molecule has 21 heavy (non-hydrogen) atoms. The molecule has 0 bridgehead atoms. The number of rotatable bonds is 11. The number of hydrogen-bond donors (Lipinski definition) is 2. The minimum Gasteiger partial charge on any atom is -0.207 e. The van der Waals surface area contributed by atoms with Gasteiger partial charge in [-0.2, -0.15) is 4.98 Å². The third kappa shape index (κ3) is 8.05. The number of unbranched alkanes of at least 4 members (excludes halogenated alkanes) is 6. The van der Waals surface area contributed by atoms with Crippen LogP contribution in [0.4, 0.5) is 0 Å². The second kappa shape index (κ2) is 11.3. The zero-order valence-corrected chi connectivity index (χ0v) is 15.2. The Labute approximate surface area is 140 Å². The monoisotopic (exact) mass is 327 g/mol. The molecule has 0 aromatic carbocycles. The van der Waals surface area contributed by atoms with Crippen LogP contribution >= 0.6 is 25.3 Å². The first-order chi connectivity index (χ1) is 10.2. The molecule has 1 aromatic heterocycles. The lowest BCUT2D eigenvalue weighted by molar-refractivity contribution is 0.474. The molecule has 1 unspecified atom stereocenters. The van der Waals surface area contributed by atoms with Crippen molar-refractivity contribution in [2.45, 2.75) is 94.3 Å². The second-order valence-electron chi connectivity index (χ2n) is 5.69. The highest BCUT2D eigenvalue weighted by Crippen LogP contribution is 2.26. The average Bonchev–Trinajstić information content (AvgIpc) is 2.44. The van der Waals surface area contributed by atoms with E-state index in [1.54, 1.807) is 0 Å². The molecule has 1 heterocycles. The summed E-state index contributed by atoms with van der Waals surface area (Å²) in [4.78, 5) is 12.9. The van der Waals surface area contributed by atoms with Crippen molar-refractivity contribution >= 4 is 25.3 Å². The van der Waals surface area contributed by atoms with E-state index in [2.05, 4.69) is 54.1 Å². The van der Waals surface area contributed by atoms with Crippen LogP contribution in [0.2, 0.25) is 0 Å². The summed E-state index contributed by atoms with van der Waals surface area (Å²) in [5.74, 6) is 1.30. The Morgan fingerprint density at radius 1 is 0.714 bits per heavy atom. The summed E-state index contributed by atoms with van der Waals surface area (Å²) in [5, 5.41) is 0.962. The highest BCUT2D eigenvalue weighted by molar-refractivity contribution is 7.80. The van der Waals surface area contributed by atoms with Gasteiger partial charge in [-0.05, 0) is 12.8 Å². The summed E-state index contributed by atoms with van der Waals surface area (Å²) in [7, 11) is 0. The van der Waals surface area contributed by atoms with Crippen LogP contribution in [0.3, 0.4) is 0 Å². The molecule has 0 aliphatic carbocycles. The summed E-state index contributed by atoms with van der Waals surface area (Å²) in [6, 6.07) is 0. The summed E-state index contributed by atoms with van der Waals surface area (Å²) < 4.78 is 0. The van der Waals surface area contributed by atoms with Gasteiger partial charge < -0.3 is 0 Å². The molecule has 1 atom stereocenters. The Morgan fingerprint density at radius 3 is 1.86 bits per heavy atom. The van der Waals surface area contributed by atoms with E-state index in [1.165, 1.54) is 51.4 Å². The van der Waals surface area contributed by atoms with E-state index >= 15 is 0 Å². The quantitative estimate of drug-likeness (QED) is 0.418. The van der Waals surface area contributed by atoms with E-state index in [9.17, 15) is 0 Å². The first kappa shape index (κ1) is 18.8. The molecule has 0 amide bonds. The van der Waals surface area contributed by atoms with Crippen molar-refractivity contribution in [3.63, 3.8) is 0 Å². The van der Waals surface area contributed by atoms with E-state index in [-0.39, 0.29) is 0 Å². The van der Waals surface area contributed by atoms with Crippen molar-refractivity contribution in [1.29, 1.82) is 0 Å².